The summed E-state index contributed by atoms with van der Waals surface area (Å²) in [6.07, 6.45) is 1.46. The van der Waals surface area contributed by atoms with Crippen LogP contribution in [0.4, 0.5) is 0 Å². The Kier molecular flexibility index (Phi) is 8.99. The van der Waals surface area contributed by atoms with Gasteiger partial charge in [-0.1, -0.05) is 56.5 Å². The van der Waals surface area contributed by atoms with E-state index < -0.39 is 23.8 Å². The number of hydrogen-bond donors (Lipinski definition) is 3. The van der Waals surface area contributed by atoms with Gasteiger partial charge in [0.1, 0.15) is 0 Å². The van der Waals surface area contributed by atoms with Crippen molar-refractivity contribution < 1.29 is 34.0 Å². The predicted molar refractivity (Wildman–Crippen MR) is 131 cm³/mol. The summed E-state index contributed by atoms with van der Waals surface area (Å²) in [5.41, 5.74) is 1.57. The minimum absolute atomic E-state index is 0.0153. The van der Waals surface area contributed by atoms with Gasteiger partial charge in [0, 0.05) is 17.6 Å². The standard InChI is InChI=1S/C26H32ClNO7/c1-4-17(5-2)15-33-25(32)26(24(30)31)34-22-10-9-18(12-23(22)35-26)11-16(3)28-14-21(29)19-7-6-8-20(27)13-19/h6-10,12-13,16-17,21,28-29H,4-5,11,14-15H2,1-3H3,(H,30,31)/t16-,21+,26?/m1/s1. The maximum atomic E-state index is 12.7. The van der Waals surface area contributed by atoms with Gasteiger partial charge in [0.05, 0.1) is 12.7 Å². The van der Waals surface area contributed by atoms with E-state index in [2.05, 4.69) is 5.32 Å². The molecular weight excluding hydrogens is 474 g/mol. The van der Waals surface area contributed by atoms with E-state index in [1.54, 1.807) is 36.4 Å². The highest BCUT2D eigenvalue weighted by Gasteiger charge is 2.58. The molecule has 0 aliphatic carbocycles. The molecule has 1 heterocycles. The van der Waals surface area contributed by atoms with Gasteiger partial charge in [-0.15, -0.1) is 0 Å². The molecule has 35 heavy (non-hydrogen) atoms. The Hall–Kier alpha value is -2.81. The van der Waals surface area contributed by atoms with Crippen LogP contribution in [-0.2, 0) is 20.7 Å². The maximum absolute atomic E-state index is 12.7. The Labute approximate surface area is 210 Å². The highest BCUT2D eigenvalue weighted by Crippen LogP contribution is 2.41. The molecule has 3 N–H and O–H groups in total. The van der Waals surface area contributed by atoms with Crippen molar-refractivity contribution in [3.8, 4) is 11.5 Å². The van der Waals surface area contributed by atoms with Crippen molar-refractivity contribution in [2.24, 2.45) is 5.92 Å². The summed E-state index contributed by atoms with van der Waals surface area (Å²) in [5, 5.41) is 24.0. The number of carboxylic acid groups (broad SMARTS) is 1. The molecule has 0 saturated heterocycles. The molecule has 8 nitrogen and oxygen atoms in total. The van der Waals surface area contributed by atoms with Crippen molar-refractivity contribution in [2.75, 3.05) is 13.2 Å². The molecule has 1 aliphatic rings. The van der Waals surface area contributed by atoms with Gasteiger partial charge >= 0.3 is 17.7 Å². The van der Waals surface area contributed by atoms with E-state index in [0.29, 0.717) is 18.0 Å². The molecule has 0 spiro atoms. The average molecular weight is 506 g/mol. The number of hydrogen-bond acceptors (Lipinski definition) is 7. The van der Waals surface area contributed by atoms with Gasteiger partial charge in [-0.3, -0.25) is 0 Å². The second-order valence-corrected chi connectivity index (χ2v) is 9.21. The molecule has 9 heteroatoms. The van der Waals surface area contributed by atoms with Crippen LogP contribution in [0.15, 0.2) is 42.5 Å². The maximum Gasteiger partial charge on any atom is 0.453 e. The van der Waals surface area contributed by atoms with Crippen molar-refractivity contribution in [1.82, 2.24) is 5.32 Å². The fraction of sp³-hybridized carbons (Fsp3) is 0.462. The molecule has 0 aromatic heterocycles. The summed E-state index contributed by atoms with van der Waals surface area (Å²) >= 11 is 5.99. The Bertz CT molecular complexity index is 1040. The number of esters is 1. The van der Waals surface area contributed by atoms with Crippen molar-refractivity contribution in [2.45, 2.75) is 58.0 Å². The number of benzene rings is 2. The average Bonchev–Trinajstić information content (AvgIpc) is 3.23. The van der Waals surface area contributed by atoms with Crippen LogP contribution >= 0.6 is 11.6 Å². The molecule has 1 unspecified atom stereocenters. The molecular formula is C26H32ClNO7. The van der Waals surface area contributed by atoms with E-state index in [1.807, 2.05) is 26.8 Å². The Morgan fingerprint density at radius 1 is 1.11 bits per heavy atom. The van der Waals surface area contributed by atoms with E-state index in [-0.39, 0.29) is 30.1 Å². The van der Waals surface area contributed by atoms with Gasteiger partial charge in [0.25, 0.3) is 0 Å². The Morgan fingerprint density at radius 3 is 2.49 bits per heavy atom. The lowest BCUT2D eigenvalue weighted by Crippen LogP contribution is -2.55. The molecule has 0 radical (unpaired) electrons. The number of aliphatic hydroxyl groups excluding tert-OH is 1. The van der Waals surface area contributed by atoms with Gasteiger partial charge in [0.15, 0.2) is 11.5 Å². The first-order valence-corrected chi connectivity index (χ1v) is 12.1. The number of halogens is 1. The van der Waals surface area contributed by atoms with Gasteiger partial charge < -0.3 is 29.7 Å². The lowest BCUT2D eigenvalue weighted by atomic mass is 10.1. The van der Waals surface area contributed by atoms with E-state index in [0.717, 1.165) is 24.0 Å². The molecule has 1 aliphatic heterocycles. The number of ether oxygens (including phenoxy) is 3. The Balaban J connectivity index is 1.61. The largest absolute Gasteiger partial charge is 0.475 e. The third kappa shape index (κ3) is 6.45. The topological polar surface area (TPSA) is 114 Å². The van der Waals surface area contributed by atoms with Crippen LogP contribution in [-0.4, -0.2) is 47.1 Å². The summed E-state index contributed by atoms with van der Waals surface area (Å²) in [6.45, 7) is 6.34. The number of nitrogens with one attached hydrogen (secondary N) is 1. The third-order valence-corrected chi connectivity index (χ3v) is 6.34. The molecule has 0 bridgehead atoms. The number of rotatable bonds is 12. The van der Waals surface area contributed by atoms with E-state index in [9.17, 15) is 19.8 Å². The number of carbonyl (C=O) groups excluding carboxylic acids is 1. The highest BCUT2D eigenvalue weighted by molar-refractivity contribution is 6.30. The number of aliphatic carboxylic acids is 1. The smallest absolute Gasteiger partial charge is 0.453 e. The molecule has 3 atom stereocenters. The number of carbonyl (C=O) groups is 2. The van der Waals surface area contributed by atoms with Gasteiger partial charge in [-0.05, 0) is 54.7 Å². The zero-order valence-electron chi connectivity index (χ0n) is 20.1. The third-order valence-electron chi connectivity index (χ3n) is 6.11. The first kappa shape index (κ1) is 26.8. The predicted octanol–water partition coefficient (Wildman–Crippen LogP) is 4.13. The van der Waals surface area contributed by atoms with Crippen LogP contribution in [0.3, 0.4) is 0 Å². The van der Waals surface area contributed by atoms with Gasteiger partial charge in [0.2, 0.25) is 0 Å². The van der Waals surface area contributed by atoms with E-state index in [4.69, 9.17) is 25.8 Å². The second kappa shape index (κ2) is 11.7. The summed E-state index contributed by atoms with van der Waals surface area (Å²) in [6, 6.07) is 12.1. The first-order valence-electron chi connectivity index (χ1n) is 11.8. The molecule has 190 valence electrons. The SMILES string of the molecule is CCC(CC)COC(=O)C1(C(=O)O)Oc2ccc(C[C@@H](C)NC[C@H](O)c3cccc(Cl)c3)cc2O1. The van der Waals surface area contributed by atoms with Crippen molar-refractivity contribution in [1.29, 1.82) is 0 Å². The summed E-state index contributed by atoms with van der Waals surface area (Å²) in [4.78, 5) is 24.6. The van der Waals surface area contributed by atoms with Gasteiger partial charge in [-0.2, -0.15) is 0 Å². The molecule has 0 fully saturated rings. The Morgan fingerprint density at radius 2 is 1.83 bits per heavy atom. The second-order valence-electron chi connectivity index (χ2n) is 8.77. The van der Waals surface area contributed by atoms with Crippen molar-refractivity contribution >= 4 is 23.5 Å². The zero-order valence-corrected chi connectivity index (χ0v) is 20.9. The molecule has 0 amide bonds. The van der Waals surface area contributed by atoms with Crippen LogP contribution in [0.2, 0.25) is 5.02 Å². The minimum atomic E-state index is -2.56. The van der Waals surface area contributed by atoms with E-state index in [1.165, 1.54) is 0 Å². The van der Waals surface area contributed by atoms with Crippen LogP contribution in [0, 0.1) is 5.92 Å². The normalized spacial score (nSPS) is 18.3. The molecule has 2 aromatic carbocycles. The van der Waals surface area contributed by atoms with E-state index >= 15 is 0 Å². The monoisotopic (exact) mass is 505 g/mol. The zero-order chi connectivity index (χ0) is 25.6. The summed E-state index contributed by atoms with van der Waals surface area (Å²) < 4.78 is 16.2. The fourth-order valence-electron chi connectivity index (χ4n) is 3.82. The number of carboxylic acids is 1. The van der Waals surface area contributed by atoms with Crippen molar-refractivity contribution in [3.05, 3.63) is 58.6 Å². The van der Waals surface area contributed by atoms with Crippen molar-refractivity contribution in [3.63, 3.8) is 0 Å². The summed E-state index contributed by atoms with van der Waals surface area (Å²) in [5.74, 6) is -4.76. The molecule has 3 rings (SSSR count). The number of aliphatic hydroxyl groups is 1. The fourth-order valence-corrected chi connectivity index (χ4v) is 4.01. The number of fused-ring (bicyclic) bond motifs is 1. The van der Waals surface area contributed by atoms with Crippen LogP contribution in [0.25, 0.3) is 0 Å². The highest BCUT2D eigenvalue weighted by atomic mass is 35.5. The quantitative estimate of drug-likeness (QED) is 0.291. The summed E-state index contributed by atoms with van der Waals surface area (Å²) in [7, 11) is 0. The van der Waals surface area contributed by atoms with Crippen LogP contribution < -0.4 is 14.8 Å². The minimum Gasteiger partial charge on any atom is -0.475 e. The lowest BCUT2D eigenvalue weighted by Gasteiger charge is -2.22. The van der Waals surface area contributed by atoms with Crippen LogP contribution in [0.5, 0.6) is 11.5 Å². The van der Waals surface area contributed by atoms with Gasteiger partial charge in [-0.25, -0.2) is 9.59 Å². The molecule has 0 saturated carbocycles. The lowest BCUT2D eigenvalue weighted by molar-refractivity contribution is -0.199. The first-order chi connectivity index (χ1) is 16.7. The van der Waals surface area contributed by atoms with Crippen LogP contribution in [0.1, 0.15) is 50.8 Å². The molecule has 2 aromatic rings.